The molecule has 0 spiro atoms. The van der Waals surface area contributed by atoms with Gasteiger partial charge in [0.15, 0.2) is 0 Å². The van der Waals surface area contributed by atoms with Crippen LogP contribution in [0.25, 0.3) is 0 Å². The number of anilines is 2. The molecule has 0 aliphatic heterocycles. The van der Waals surface area contributed by atoms with Crippen molar-refractivity contribution in [3.05, 3.63) is 11.9 Å². The predicted octanol–water partition coefficient (Wildman–Crippen LogP) is 3.23. The molecule has 0 atom stereocenters. The highest BCUT2D eigenvalue weighted by Gasteiger charge is 2.25. The number of halogens is 3. The van der Waals surface area contributed by atoms with Gasteiger partial charge < -0.3 is 10.6 Å². The van der Waals surface area contributed by atoms with E-state index in [-0.39, 0.29) is 6.42 Å². The number of alkyl halides is 3. The molecule has 108 valence electrons. The number of unbranched alkanes of at least 4 members (excludes halogenated alkanes) is 1. The second-order valence-electron chi connectivity index (χ2n) is 4.15. The molecule has 0 radical (unpaired) electrons. The van der Waals surface area contributed by atoms with Crippen LogP contribution in [0, 0.1) is 0 Å². The molecule has 0 aliphatic carbocycles. The average molecular weight is 276 g/mol. The van der Waals surface area contributed by atoms with Crippen molar-refractivity contribution in [1.29, 1.82) is 0 Å². The second kappa shape index (κ2) is 7.16. The fourth-order valence-electron chi connectivity index (χ4n) is 1.77. The zero-order valence-corrected chi connectivity index (χ0v) is 11.1. The first-order valence-electron chi connectivity index (χ1n) is 6.30. The molecule has 0 aromatic carbocycles. The lowest BCUT2D eigenvalue weighted by atomic mass is 10.2. The summed E-state index contributed by atoms with van der Waals surface area (Å²) in [5, 5.41) is 6.04. The summed E-state index contributed by atoms with van der Waals surface area (Å²) in [6.07, 6.45) is -2.03. The van der Waals surface area contributed by atoms with Gasteiger partial charge in [0, 0.05) is 25.6 Å². The Labute approximate surface area is 110 Å². The van der Waals surface area contributed by atoms with Gasteiger partial charge in [0.1, 0.15) is 18.0 Å². The lowest BCUT2D eigenvalue weighted by molar-refractivity contribution is -0.135. The highest BCUT2D eigenvalue weighted by atomic mass is 19.4. The van der Waals surface area contributed by atoms with Gasteiger partial charge in [-0.3, -0.25) is 0 Å². The Morgan fingerprint density at radius 2 is 1.84 bits per heavy atom. The van der Waals surface area contributed by atoms with Crippen molar-refractivity contribution in [2.24, 2.45) is 0 Å². The van der Waals surface area contributed by atoms with E-state index < -0.39 is 12.6 Å². The fourth-order valence-corrected chi connectivity index (χ4v) is 1.77. The minimum Gasteiger partial charge on any atom is -0.373 e. The van der Waals surface area contributed by atoms with Gasteiger partial charge in [-0.1, -0.05) is 6.92 Å². The number of hydrogen-bond donors (Lipinski definition) is 2. The third-order valence-electron chi connectivity index (χ3n) is 2.72. The Hall–Kier alpha value is -1.53. The lowest BCUT2D eigenvalue weighted by Crippen LogP contribution is -2.11. The second-order valence-corrected chi connectivity index (χ2v) is 4.15. The molecule has 2 N–H and O–H groups in total. The average Bonchev–Trinajstić information content (AvgIpc) is 2.36. The van der Waals surface area contributed by atoms with Crippen LogP contribution in [0.2, 0.25) is 0 Å². The zero-order chi connectivity index (χ0) is 14.3. The normalized spacial score (nSPS) is 11.4. The Morgan fingerprint density at radius 3 is 2.42 bits per heavy atom. The van der Waals surface area contributed by atoms with Crippen LogP contribution in [0.5, 0.6) is 0 Å². The van der Waals surface area contributed by atoms with E-state index in [0.29, 0.717) is 18.8 Å². The number of nitrogens with one attached hydrogen (secondary N) is 2. The van der Waals surface area contributed by atoms with Crippen molar-refractivity contribution in [2.45, 2.75) is 38.8 Å². The SMILES string of the molecule is CCc1c(NC)ncnc1NCCCCC(F)(F)F. The van der Waals surface area contributed by atoms with Crippen LogP contribution < -0.4 is 10.6 Å². The summed E-state index contributed by atoms with van der Waals surface area (Å²) >= 11 is 0. The van der Waals surface area contributed by atoms with Crippen LogP contribution in [0.15, 0.2) is 6.33 Å². The van der Waals surface area contributed by atoms with Crippen LogP contribution in [-0.4, -0.2) is 29.7 Å². The molecule has 7 heteroatoms. The van der Waals surface area contributed by atoms with Crippen molar-refractivity contribution in [2.75, 3.05) is 24.2 Å². The molecule has 4 nitrogen and oxygen atoms in total. The van der Waals surface area contributed by atoms with Gasteiger partial charge in [-0.05, 0) is 19.3 Å². The first-order chi connectivity index (χ1) is 8.98. The molecule has 1 heterocycles. The van der Waals surface area contributed by atoms with Gasteiger partial charge in [0.2, 0.25) is 0 Å². The molecule has 1 aromatic heterocycles. The molecule has 0 saturated heterocycles. The van der Waals surface area contributed by atoms with Gasteiger partial charge in [-0.25, -0.2) is 9.97 Å². The Kier molecular flexibility index (Phi) is 5.85. The maximum absolute atomic E-state index is 12.0. The van der Waals surface area contributed by atoms with Gasteiger partial charge in [0.05, 0.1) is 0 Å². The van der Waals surface area contributed by atoms with E-state index in [2.05, 4.69) is 20.6 Å². The van der Waals surface area contributed by atoms with Crippen LogP contribution >= 0.6 is 0 Å². The van der Waals surface area contributed by atoms with Crippen molar-refractivity contribution in [1.82, 2.24) is 9.97 Å². The summed E-state index contributed by atoms with van der Waals surface area (Å²) in [5.74, 6) is 1.43. The summed E-state index contributed by atoms with van der Waals surface area (Å²) in [7, 11) is 1.77. The Bertz CT molecular complexity index is 393. The minimum atomic E-state index is -4.07. The van der Waals surface area contributed by atoms with E-state index in [1.54, 1.807) is 7.05 Å². The third kappa shape index (κ3) is 5.32. The molecule has 0 unspecified atom stereocenters. The van der Waals surface area contributed by atoms with Gasteiger partial charge in [-0.2, -0.15) is 13.2 Å². The standard InChI is InChI=1S/C12H19F3N4/c1-3-9-10(16-2)18-8-19-11(9)17-7-5-4-6-12(13,14)15/h8H,3-7H2,1-2H3,(H2,16,17,18,19). The highest BCUT2D eigenvalue weighted by Crippen LogP contribution is 2.23. The predicted molar refractivity (Wildman–Crippen MR) is 69.4 cm³/mol. The van der Waals surface area contributed by atoms with Crippen molar-refractivity contribution < 1.29 is 13.2 Å². The minimum absolute atomic E-state index is 0.127. The molecule has 0 aliphatic rings. The van der Waals surface area contributed by atoms with E-state index in [1.807, 2.05) is 6.92 Å². The van der Waals surface area contributed by atoms with Gasteiger partial charge >= 0.3 is 6.18 Å². The van der Waals surface area contributed by atoms with Crippen LogP contribution in [0.4, 0.5) is 24.8 Å². The monoisotopic (exact) mass is 276 g/mol. The summed E-state index contributed by atoms with van der Waals surface area (Å²) in [6, 6.07) is 0. The first kappa shape index (κ1) is 15.5. The Balaban J connectivity index is 2.45. The van der Waals surface area contributed by atoms with Crippen LogP contribution in [0.1, 0.15) is 31.7 Å². The molecule has 19 heavy (non-hydrogen) atoms. The molecule has 0 amide bonds. The van der Waals surface area contributed by atoms with Gasteiger partial charge in [-0.15, -0.1) is 0 Å². The van der Waals surface area contributed by atoms with E-state index in [9.17, 15) is 13.2 Å². The van der Waals surface area contributed by atoms with Crippen LogP contribution in [0.3, 0.4) is 0 Å². The third-order valence-corrected chi connectivity index (χ3v) is 2.72. The fraction of sp³-hybridized carbons (Fsp3) is 0.667. The number of rotatable bonds is 7. The van der Waals surface area contributed by atoms with E-state index >= 15 is 0 Å². The summed E-state index contributed by atoms with van der Waals surface area (Å²) < 4.78 is 35.9. The van der Waals surface area contributed by atoms with Crippen molar-refractivity contribution in [3.63, 3.8) is 0 Å². The lowest BCUT2D eigenvalue weighted by Gasteiger charge is -2.13. The van der Waals surface area contributed by atoms with E-state index in [0.717, 1.165) is 17.8 Å². The van der Waals surface area contributed by atoms with Gasteiger partial charge in [0.25, 0.3) is 0 Å². The number of nitrogens with zero attached hydrogens (tertiary/aromatic N) is 2. The Morgan fingerprint density at radius 1 is 1.16 bits per heavy atom. The maximum Gasteiger partial charge on any atom is 0.389 e. The van der Waals surface area contributed by atoms with Crippen molar-refractivity contribution in [3.8, 4) is 0 Å². The van der Waals surface area contributed by atoms with E-state index in [1.165, 1.54) is 6.33 Å². The summed E-state index contributed by atoms with van der Waals surface area (Å²) in [4.78, 5) is 8.21. The number of aromatic nitrogens is 2. The molecule has 1 rings (SSSR count). The summed E-state index contributed by atoms with van der Waals surface area (Å²) in [6.45, 7) is 2.46. The van der Waals surface area contributed by atoms with Crippen molar-refractivity contribution >= 4 is 11.6 Å². The largest absolute Gasteiger partial charge is 0.389 e. The molecule has 0 saturated carbocycles. The highest BCUT2D eigenvalue weighted by molar-refractivity contribution is 5.56. The molecular formula is C12H19F3N4. The first-order valence-corrected chi connectivity index (χ1v) is 6.30. The quantitative estimate of drug-likeness (QED) is 0.751. The molecule has 0 fully saturated rings. The van der Waals surface area contributed by atoms with E-state index in [4.69, 9.17) is 0 Å². The molecule has 1 aromatic rings. The topological polar surface area (TPSA) is 49.8 Å². The molecular weight excluding hydrogens is 257 g/mol. The maximum atomic E-state index is 12.0. The summed E-state index contributed by atoms with van der Waals surface area (Å²) in [5.41, 5.74) is 0.945. The van der Waals surface area contributed by atoms with Crippen LogP contribution in [-0.2, 0) is 6.42 Å². The molecule has 0 bridgehead atoms. The zero-order valence-electron chi connectivity index (χ0n) is 11.1. The smallest absolute Gasteiger partial charge is 0.373 e. The number of hydrogen-bond acceptors (Lipinski definition) is 4.